The Balaban J connectivity index is 0. The zero-order chi connectivity index (χ0) is 4.28. The first-order chi connectivity index (χ1) is 2.27. The minimum atomic E-state index is 0. The van der Waals surface area contributed by atoms with E-state index in [-0.39, 0.29) is 40.4 Å². The topological polar surface area (TPSA) is 0 Å². The van der Waals surface area contributed by atoms with Crippen LogP contribution in [0.25, 0.3) is 0 Å². The maximum Gasteiger partial charge on any atom is 0 e. The van der Waals surface area contributed by atoms with E-state index in [1.165, 1.54) is 0 Å². The molecule has 0 bridgehead atoms. The van der Waals surface area contributed by atoms with Gasteiger partial charge < -0.3 is 12.6 Å². The van der Waals surface area contributed by atoms with Gasteiger partial charge in [-0.2, -0.15) is 11.8 Å². The third kappa shape index (κ3) is 9.40. The van der Waals surface area contributed by atoms with Crippen LogP contribution in [0.3, 0.4) is 0 Å². The molecule has 0 saturated heterocycles. The van der Waals surface area contributed by atoms with E-state index in [9.17, 15) is 0 Å². The molecule has 1 radical (unpaired) electrons. The standard InChI is InChI=1S/C3H8S2.Pm/c1-3(4)5-2;/h3-4H,1-2H3;/p-1. The van der Waals surface area contributed by atoms with Crippen molar-refractivity contribution in [2.24, 2.45) is 0 Å². The minimum Gasteiger partial charge on any atom is -0.779 e. The summed E-state index contributed by atoms with van der Waals surface area (Å²) < 4.78 is 0.384. The predicted molar refractivity (Wildman–Crippen MR) is 30.3 cm³/mol. The van der Waals surface area contributed by atoms with E-state index in [1.807, 2.05) is 13.2 Å². The van der Waals surface area contributed by atoms with E-state index >= 15 is 0 Å². The molecule has 0 heterocycles. The summed E-state index contributed by atoms with van der Waals surface area (Å²) in [4.78, 5) is 0. The first kappa shape index (κ1) is 10.9. The van der Waals surface area contributed by atoms with Crippen molar-refractivity contribution in [3.63, 3.8) is 0 Å². The Morgan fingerprint density at radius 2 is 1.83 bits per heavy atom. The van der Waals surface area contributed by atoms with E-state index in [0.29, 0.717) is 4.58 Å². The van der Waals surface area contributed by atoms with Crippen LogP contribution in [-0.2, 0) is 12.6 Å². The maximum absolute atomic E-state index is 4.74. The Bertz CT molecular complexity index is 22.8. The normalized spacial score (nSPS) is 12.5. The molecule has 0 aliphatic carbocycles. The summed E-state index contributed by atoms with van der Waals surface area (Å²) in [7, 11) is 0. The summed E-state index contributed by atoms with van der Waals surface area (Å²) in [6.45, 7) is 2.00. The summed E-state index contributed by atoms with van der Waals surface area (Å²) >= 11 is 6.44. The molecule has 0 aliphatic rings. The van der Waals surface area contributed by atoms with Crippen molar-refractivity contribution in [2.45, 2.75) is 11.5 Å². The second-order valence-corrected chi connectivity index (χ2v) is 2.99. The average molecular weight is 252 g/mol. The van der Waals surface area contributed by atoms with Gasteiger partial charge in [-0.1, -0.05) is 6.92 Å². The van der Waals surface area contributed by atoms with E-state index in [0.717, 1.165) is 0 Å². The number of hydrogen-bond acceptors (Lipinski definition) is 2. The van der Waals surface area contributed by atoms with Crippen LogP contribution in [0.2, 0.25) is 0 Å². The van der Waals surface area contributed by atoms with Crippen molar-refractivity contribution in [3.8, 4) is 0 Å². The van der Waals surface area contributed by atoms with Gasteiger partial charge in [0.2, 0.25) is 0 Å². The number of hydrogen-bond donors (Lipinski definition) is 0. The Morgan fingerprint density at radius 1 is 1.67 bits per heavy atom. The van der Waals surface area contributed by atoms with Crippen LogP contribution in [0.1, 0.15) is 6.92 Å². The SMILES string of the molecule is CSC(C)[S-].[Pm]. The van der Waals surface area contributed by atoms with Gasteiger partial charge in [0, 0.05) is 40.4 Å². The fourth-order valence-corrected chi connectivity index (χ4v) is 0. The molecular weight excluding hydrogens is 245 g/mol. The zero-order valence-electron chi connectivity index (χ0n) is 3.84. The van der Waals surface area contributed by atoms with E-state index < -0.39 is 0 Å². The molecule has 0 amide bonds. The molecule has 0 N–H and O–H groups in total. The molecule has 1 atom stereocenters. The number of thioether (sulfide) groups is 1. The van der Waals surface area contributed by atoms with Crippen molar-refractivity contribution >= 4 is 24.4 Å². The average Bonchev–Trinajstić information content (AvgIpc) is 1.38. The summed E-state index contributed by atoms with van der Waals surface area (Å²) in [5.41, 5.74) is 0. The second-order valence-electron chi connectivity index (χ2n) is 0.803. The van der Waals surface area contributed by atoms with E-state index in [1.54, 1.807) is 11.8 Å². The summed E-state index contributed by atoms with van der Waals surface area (Å²) in [6.07, 6.45) is 2.01. The molecule has 0 aliphatic heterocycles. The van der Waals surface area contributed by atoms with Gasteiger partial charge in [0.25, 0.3) is 0 Å². The quantitative estimate of drug-likeness (QED) is 0.644. The van der Waals surface area contributed by atoms with Crippen molar-refractivity contribution in [3.05, 3.63) is 0 Å². The summed E-state index contributed by atoms with van der Waals surface area (Å²) in [6, 6.07) is 0. The Morgan fingerprint density at radius 3 is 1.83 bits per heavy atom. The Kier molecular flexibility index (Phi) is 12.8. The molecule has 3 heteroatoms. The van der Waals surface area contributed by atoms with Gasteiger partial charge in [0.15, 0.2) is 0 Å². The fourth-order valence-electron chi connectivity index (χ4n) is 0. The van der Waals surface area contributed by atoms with Crippen LogP contribution in [0.15, 0.2) is 0 Å². The van der Waals surface area contributed by atoms with Crippen LogP contribution >= 0.6 is 11.8 Å². The monoisotopic (exact) mass is 252 g/mol. The molecule has 6 heavy (non-hydrogen) atoms. The first-order valence-electron chi connectivity index (χ1n) is 1.46. The van der Waals surface area contributed by atoms with Gasteiger partial charge in [-0.15, -0.1) is 4.58 Å². The van der Waals surface area contributed by atoms with Gasteiger partial charge in [-0.25, -0.2) is 0 Å². The van der Waals surface area contributed by atoms with Gasteiger partial charge >= 0.3 is 0 Å². The Labute approximate surface area is 81.4 Å². The molecule has 0 aromatic heterocycles. The molecule has 0 fully saturated rings. The molecule has 0 aromatic rings. The molecule has 1 unspecified atom stereocenters. The van der Waals surface area contributed by atoms with Gasteiger partial charge in [0.05, 0.1) is 0 Å². The molecule has 0 spiro atoms. The molecule has 0 nitrogen and oxygen atoms in total. The van der Waals surface area contributed by atoms with Crippen LogP contribution in [-0.4, -0.2) is 10.8 Å². The largest absolute Gasteiger partial charge is 0.779 e. The van der Waals surface area contributed by atoms with Crippen molar-refractivity contribution < 1.29 is 40.4 Å². The van der Waals surface area contributed by atoms with Crippen molar-refractivity contribution in [1.82, 2.24) is 0 Å². The molecule has 37 valence electrons. The van der Waals surface area contributed by atoms with E-state index in [2.05, 4.69) is 0 Å². The van der Waals surface area contributed by atoms with Crippen molar-refractivity contribution in [1.29, 1.82) is 0 Å². The smallest absolute Gasteiger partial charge is 0 e. The molecule has 0 rings (SSSR count). The molecule has 0 aromatic carbocycles. The van der Waals surface area contributed by atoms with E-state index in [4.69, 9.17) is 12.6 Å². The second kappa shape index (κ2) is 7.04. The zero-order valence-corrected chi connectivity index (χ0v) is 8.34. The molecular formula is C3H7PmS2-. The summed E-state index contributed by atoms with van der Waals surface area (Å²) in [5, 5.41) is 0. The third-order valence-electron chi connectivity index (χ3n) is 0.332. The number of rotatable bonds is 1. The fraction of sp³-hybridized carbons (Fsp3) is 1.00. The summed E-state index contributed by atoms with van der Waals surface area (Å²) in [5.74, 6) is 0. The van der Waals surface area contributed by atoms with Gasteiger partial charge in [-0.3, -0.25) is 0 Å². The maximum atomic E-state index is 4.74. The van der Waals surface area contributed by atoms with Crippen LogP contribution in [0.4, 0.5) is 0 Å². The van der Waals surface area contributed by atoms with Gasteiger partial charge in [-0.05, 0) is 6.26 Å². The third-order valence-corrected chi connectivity index (χ3v) is 1.57. The van der Waals surface area contributed by atoms with Crippen molar-refractivity contribution in [2.75, 3.05) is 6.26 Å². The van der Waals surface area contributed by atoms with Crippen LogP contribution in [0, 0.1) is 40.4 Å². The molecule has 0 saturated carbocycles. The minimum absolute atomic E-state index is 0. The van der Waals surface area contributed by atoms with Crippen LogP contribution < -0.4 is 0 Å². The predicted octanol–water partition coefficient (Wildman–Crippen LogP) is 1.24. The van der Waals surface area contributed by atoms with Crippen LogP contribution in [0.5, 0.6) is 0 Å². The first-order valence-corrected chi connectivity index (χ1v) is 3.22. The Hall–Kier alpha value is 2.04. The van der Waals surface area contributed by atoms with Gasteiger partial charge in [0.1, 0.15) is 0 Å².